The molecule has 2 fully saturated rings. The number of sulfone groups is 1. The number of hydrogen-bond donors (Lipinski definition) is 0. The van der Waals surface area contributed by atoms with Crippen LogP contribution in [0.2, 0.25) is 0 Å². The zero-order valence-corrected chi connectivity index (χ0v) is 15.4. The Morgan fingerprint density at radius 2 is 1.88 bits per heavy atom. The molecule has 0 N–H and O–H groups in total. The lowest BCUT2D eigenvalue weighted by Gasteiger charge is -2.33. The van der Waals surface area contributed by atoms with Gasteiger partial charge in [0.1, 0.15) is 0 Å². The van der Waals surface area contributed by atoms with E-state index in [4.69, 9.17) is 0 Å². The summed E-state index contributed by atoms with van der Waals surface area (Å²) in [4.78, 5) is 14.9. The van der Waals surface area contributed by atoms with Crippen molar-refractivity contribution in [2.75, 3.05) is 18.1 Å². The summed E-state index contributed by atoms with van der Waals surface area (Å²) in [6, 6.07) is 8.71. The highest BCUT2D eigenvalue weighted by molar-refractivity contribution is 7.91. The van der Waals surface area contributed by atoms with Gasteiger partial charge in [-0.3, -0.25) is 4.79 Å². The predicted octanol–water partition coefficient (Wildman–Crippen LogP) is 2.60. The van der Waals surface area contributed by atoms with Crippen LogP contribution in [0.4, 0.5) is 0 Å². The molecule has 132 valence electrons. The molecule has 1 heterocycles. The van der Waals surface area contributed by atoms with Crippen LogP contribution in [-0.4, -0.2) is 43.3 Å². The second-order valence-corrected chi connectivity index (χ2v) is 9.55. The van der Waals surface area contributed by atoms with E-state index in [1.54, 1.807) is 0 Å². The van der Waals surface area contributed by atoms with Crippen LogP contribution in [0.25, 0.3) is 0 Å². The molecular weight excluding hydrogens is 322 g/mol. The molecule has 5 heteroatoms. The third-order valence-electron chi connectivity index (χ3n) is 5.34. The van der Waals surface area contributed by atoms with Gasteiger partial charge in [-0.15, -0.1) is 0 Å². The minimum absolute atomic E-state index is 0.0320. The van der Waals surface area contributed by atoms with E-state index >= 15 is 0 Å². The molecule has 4 nitrogen and oxygen atoms in total. The van der Waals surface area contributed by atoms with Crippen molar-refractivity contribution in [3.8, 4) is 0 Å². The van der Waals surface area contributed by atoms with Crippen LogP contribution in [0.1, 0.15) is 37.3 Å². The van der Waals surface area contributed by atoms with Gasteiger partial charge in [-0.1, -0.05) is 29.8 Å². The molecule has 1 aromatic rings. The van der Waals surface area contributed by atoms with Crippen LogP contribution in [-0.2, 0) is 21.1 Å². The average Bonchev–Trinajstić information content (AvgIpc) is 3.32. The van der Waals surface area contributed by atoms with Crippen molar-refractivity contribution < 1.29 is 13.2 Å². The predicted molar refractivity (Wildman–Crippen MR) is 95.5 cm³/mol. The highest BCUT2D eigenvalue weighted by atomic mass is 32.2. The summed E-state index contributed by atoms with van der Waals surface area (Å²) in [7, 11) is -3.02. The summed E-state index contributed by atoms with van der Waals surface area (Å²) in [6.45, 7) is 4.73. The largest absolute Gasteiger partial charge is 0.339 e. The Bertz CT molecular complexity index is 692. The zero-order chi connectivity index (χ0) is 17.3. The van der Waals surface area contributed by atoms with Gasteiger partial charge < -0.3 is 4.90 Å². The normalized spacial score (nSPS) is 23.8. The lowest BCUT2D eigenvalue weighted by Crippen LogP contribution is -2.46. The fraction of sp³-hybridized carbons (Fsp3) is 0.632. The number of benzene rings is 1. The number of hydrogen-bond acceptors (Lipinski definition) is 3. The van der Waals surface area contributed by atoms with Crippen LogP contribution in [0.15, 0.2) is 24.3 Å². The number of carbonyl (C=O) groups is 1. The molecule has 0 aromatic heterocycles. The van der Waals surface area contributed by atoms with Gasteiger partial charge in [-0.05, 0) is 51.0 Å². The molecule has 1 saturated heterocycles. The lowest BCUT2D eigenvalue weighted by atomic mass is 9.97. The van der Waals surface area contributed by atoms with Crippen molar-refractivity contribution in [1.82, 2.24) is 4.90 Å². The molecule has 0 radical (unpaired) electrons. The fourth-order valence-electron chi connectivity index (χ4n) is 3.76. The van der Waals surface area contributed by atoms with E-state index in [0.29, 0.717) is 18.9 Å². The molecule has 2 atom stereocenters. The highest BCUT2D eigenvalue weighted by Gasteiger charge is 2.41. The Hall–Kier alpha value is -1.36. The Labute approximate surface area is 145 Å². The first-order valence-corrected chi connectivity index (χ1v) is 10.8. The SMILES string of the molecule is CCN(C(=O)[C@H]1CCS(=O)(=O)C1)[C@H](Cc1ccc(C)cc1)C1CC1. The number of amides is 1. The first-order valence-electron chi connectivity index (χ1n) is 8.96. The molecule has 3 rings (SSSR count). The molecule has 1 aliphatic carbocycles. The third kappa shape index (κ3) is 4.00. The molecule has 0 unspecified atom stereocenters. The quantitative estimate of drug-likeness (QED) is 0.793. The topological polar surface area (TPSA) is 54.5 Å². The number of carbonyl (C=O) groups excluding carboxylic acids is 1. The number of aryl methyl sites for hydroxylation is 1. The summed E-state index contributed by atoms with van der Waals surface area (Å²) < 4.78 is 23.4. The first kappa shape index (κ1) is 17.5. The number of likely N-dealkylation sites (N-methyl/N-ethyl adjacent to an activating group) is 1. The molecule has 1 amide bonds. The van der Waals surface area contributed by atoms with Gasteiger partial charge in [-0.25, -0.2) is 8.42 Å². The Morgan fingerprint density at radius 1 is 1.21 bits per heavy atom. The van der Waals surface area contributed by atoms with Crippen molar-refractivity contribution in [2.45, 2.75) is 45.6 Å². The van der Waals surface area contributed by atoms with E-state index in [0.717, 1.165) is 6.42 Å². The first-order chi connectivity index (χ1) is 11.4. The zero-order valence-electron chi connectivity index (χ0n) is 14.6. The van der Waals surface area contributed by atoms with E-state index in [2.05, 4.69) is 31.2 Å². The van der Waals surface area contributed by atoms with E-state index in [-0.39, 0.29) is 29.4 Å². The van der Waals surface area contributed by atoms with Crippen LogP contribution in [0.5, 0.6) is 0 Å². The minimum Gasteiger partial charge on any atom is -0.339 e. The van der Waals surface area contributed by atoms with Crippen LogP contribution in [0.3, 0.4) is 0 Å². The van der Waals surface area contributed by atoms with E-state index in [1.165, 1.54) is 24.0 Å². The molecule has 2 aliphatic rings. The summed E-state index contributed by atoms with van der Waals surface area (Å²) >= 11 is 0. The maximum atomic E-state index is 12.9. The third-order valence-corrected chi connectivity index (χ3v) is 7.11. The molecule has 0 bridgehead atoms. The molecule has 1 saturated carbocycles. The van der Waals surface area contributed by atoms with Gasteiger partial charge in [0.25, 0.3) is 0 Å². The summed E-state index contributed by atoms with van der Waals surface area (Å²) in [5.74, 6) is 0.460. The molecule has 1 aromatic carbocycles. The molecule has 0 spiro atoms. The second-order valence-electron chi connectivity index (χ2n) is 7.32. The maximum Gasteiger partial charge on any atom is 0.226 e. The van der Waals surface area contributed by atoms with Crippen LogP contribution in [0, 0.1) is 18.8 Å². The van der Waals surface area contributed by atoms with Crippen molar-refractivity contribution in [1.29, 1.82) is 0 Å². The van der Waals surface area contributed by atoms with Crippen LogP contribution < -0.4 is 0 Å². The van der Waals surface area contributed by atoms with Gasteiger partial charge >= 0.3 is 0 Å². The van der Waals surface area contributed by atoms with Crippen molar-refractivity contribution in [3.05, 3.63) is 35.4 Å². The standard InChI is InChI=1S/C19H27NO3S/c1-3-20(19(21)17-10-11-24(22,23)13-17)18(16-8-9-16)12-15-6-4-14(2)5-7-15/h4-7,16-18H,3,8-13H2,1-2H3/t17-,18+/m0/s1. The van der Waals surface area contributed by atoms with Crippen molar-refractivity contribution >= 4 is 15.7 Å². The summed E-state index contributed by atoms with van der Waals surface area (Å²) in [5, 5.41) is 0. The summed E-state index contributed by atoms with van der Waals surface area (Å²) in [5.41, 5.74) is 2.49. The Morgan fingerprint density at radius 3 is 2.38 bits per heavy atom. The smallest absolute Gasteiger partial charge is 0.226 e. The molecule has 24 heavy (non-hydrogen) atoms. The minimum atomic E-state index is -3.02. The number of rotatable bonds is 6. The monoisotopic (exact) mass is 349 g/mol. The van der Waals surface area contributed by atoms with Crippen molar-refractivity contribution in [2.24, 2.45) is 11.8 Å². The Balaban J connectivity index is 1.75. The highest BCUT2D eigenvalue weighted by Crippen LogP contribution is 2.38. The summed E-state index contributed by atoms with van der Waals surface area (Å²) in [6.07, 6.45) is 3.69. The van der Waals surface area contributed by atoms with Crippen molar-refractivity contribution in [3.63, 3.8) is 0 Å². The average molecular weight is 349 g/mol. The van der Waals surface area contributed by atoms with E-state index in [9.17, 15) is 13.2 Å². The van der Waals surface area contributed by atoms with Gasteiger partial charge in [0.2, 0.25) is 5.91 Å². The van der Waals surface area contributed by atoms with Crippen LogP contribution >= 0.6 is 0 Å². The van der Waals surface area contributed by atoms with Gasteiger partial charge in [0.05, 0.1) is 17.4 Å². The Kier molecular flexibility index (Phi) is 5.00. The van der Waals surface area contributed by atoms with E-state index < -0.39 is 9.84 Å². The van der Waals surface area contributed by atoms with Gasteiger partial charge in [-0.2, -0.15) is 0 Å². The van der Waals surface area contributed by atoms with E-state index in [1.807, 2.05) is 11.8 Å². The molecule has 1 aliphatic heterocycles. The maximum absolute atomic E-state index is 12.9. The van der Waals surface area contributed by atoms with Gasteiger partial charge in [0, 0.05) is 12.6 Å². The fourth-order valence-corrected chi connectivity index (χ4v) is 5.49. The van der Waals surface area contributed by atoms with Gasteiger partial charge in [0.15, 0.2) is 9.84 Å². The lowest BCUT2D eigenvalue weighted by molar-refractivity contribution is -0.137. The second kappa shape index (κ2) is 6.87. The molecular formula is C19H27NO3S. The number of nitrogens with zero attached hydrogens (tertiary/aromatic N) is 1.